The van der Waals surface area contributed by atoms with Crippen molar-refractivity contribution in [3.05, 3.63) is 58.1 Å². The van der Waals surface area contributed by atoms with E-state index in [9.17, 15) is 4.79 Å². The molecule has 0 aliphatic heterocycles. The Kier molecular flexibility index (Phi) is 5.63. The Morgan fingerprint density at radius 2 is 2.08 bits per heavy atom. The third-order valence-electron chi connectivity index (χ3n) is 3.38. The largest absolute Gasteiger partial charge is 0.333 e. The van der Waals surface area contributed by atoms with Crippen molar-refractivity contribution in [2.24, 2.45) is 5.10 Å². The molecule has 0 unspecified atom stereocenters. The van der Waals surface area contributed by atoms with Crippen LogP contribution in [0.1, 0.15) is 12.5 Å². The summed E-state index contributed by atoms with van der Waals surface area (Å²) in [5, 5.41) is 5.81. The van der Waals surface area contributed by atoms with Gasteiger partial charge in [-0.15, -0.1) is 0 Å². The highest BCUT2D eigenvalue weighted by molar-refractivity contribution is 7.99. The highest BCUT2D eigenvalue weighted by Gasteiger charge is 2.08. The van der Waals surface area contributed by atoms with Crippen LogP contribution < -0.4 is 5.43 Å². The van der Waals surface area contributed by atoms with E-state index in [1.807, 2.05) is 24.3 Å². The number of aromatic nitrogens is 2. The van der Waals surface area contributed by atoms with E-state index in [0.717, 1.165) is 16.6 Å². The number of imidazole rings is 1. The van der Waals surface area contributed by atoms with E-state index in [0.29, 0.717) is 20.9 Å². The number of hydrogen-bond acceptors (Lipinski definition) is 4. The zero-order chi connectivity index (χ0) is 17.8. The van der Waals surface area contributed by atoms with Crippen LogP contribution in [0.2, 0.25) is 10.0 Å². The number of nitrogens with one attached hydrogen (secondary N) is 2. The second-order valence-corrected chi connectivity index (χ2v) is 7.01. The first-order chi connectivity index (χ1) is 12.0. The maximum absolute atomic E-state index is 12.0. The summed E-state index contributed by atoms with van der Waals surface area (Å²) in [6.45, 7) is 1.77. The van der Waals surface area contributed by atoms with Crippen molar-refractivity contribution in [1.82, 2.24) is 15.4 Å². The summed E-state index contributed by atoms with van der Waals surface area (Å²) in [6.07, 6.45) is 0. The highest BCUT2D eigenvalue weighted by Crippen LogP contribution is 2.21. The fraction of sp³-hybridized carbons (Fsp3) is 0.118. The molecule has 0 aliphatic rings. The second-order valence-electron chi connectivity index (χ2n) is 5.20. The first-order valence-corrected chi connectivity index (χ1v) is 9.13. The molecule has 2 N–H and O–H groups in total. The Morgan fingerprint density at radius 3 is 2.84 bits per heavy atom. The van der Waals surface area contributed by atoms with Crippen molar-refractivity contribution >= 4 is 57.6 Å². The number of benzene rings is 2. The van der Waals surface area contributed by atoms with Crippen LogP contribution in [0.25, 0.3) is 11.0 Å². The zero-order valence-corrected chi connectivity index (χ0v) is 15.5. The van der Waals surface area contributed by atoms with Crippen LogP contribution in [0.15, 0.2) is 52.7 Å². The average molecular weight is 393 g/mol. The van der Waals surface area contributed by atoms with Gasteiger partial charge in [-0.25, -0.2) is 10.4 Å². The molecule has 0 aliphatic carbocycles. The van der Waals surface area contributed by atoms with E-state index in [4.69, 9.17) is 23.2 Å². The van der Waals surface area contributed by atoms with E-state index in [1.54, 1.807) is 25.1 Å². The summed E-state index contributed by atoms with van der Waals surface area (Å²) < 4.78 is 0. The van der Waals surface area contributed by atoms with Gasteiger partial charge in [0.15, 0.2) is 5.16 Å². The molecule has 0 spiro atoms. The summed E-state index contributed by atoms with van der Waals surface area (Å²) in [5.74, 6) is -0.0276. The van der Waals surface area contributed by atoms with Gasteiger partial charge in [-0.2, -0.15) is 5.10 Å². The molecule has 3 aromatic rings. The van der Waals surface area contributed by atoms with Crippen molar-refractivity contribution in [1.29, 1.82) is 0 Å². The Bertz CT molecular complexity index is 922. The van der Waals surface area contributed by atoms with Crippen molar-refractivity contribution in [2.75, 3.05) is 5.75 Å². The number of hydrazone groups is 1. The Hall–Kier alpha value is -2.02. The number of carbonyl (C=O) groups excluding carboxylic acids is 1. The zero-order valence-electron chi connectivity index (χ0n) is 13.2. The maximum Gasteiger partial charge on any atom is 0.250 e. The van der Waals surface area contributed by atoms with Crippen molar-refractivity contribution in [2.45, 2.75) is 12.1 Å². The molecule has 0 saturated carbocycles. The van der Waals surface area contributed by atoms with Crippen LogP contribution in [0.4, 0.5) is 0 Å². The molecular formula is C17H14Cl2N4OS. The monoisotopic (exact) mass is 392 g/mol. The van der Waals surface area contributed by atoms with Crippen LogP contribution in [-0.2, 0) is 4.79 Å². The number of rotatable bonds is 5. The van der Waals surface area contributed by atoms with Crippen LogP contribution in [-0.4, -0.2) is 27.3 Å². The molecule has 2 aromatic carbocycles. The molecule has 128 valence electrons. The topological polar surface area (TPSA) is 70.1 Å². The molecule has 1 amide bonds. The summed E-state index contributed by atoms with van der Waals surface area (Å²) >= 11 is 13.3. The smallest absolute Gasteiger partial charge is 0.250 e. The minimum Gasteiger partial charge on any atom is -0.333 e. The molecule has 8 heteroatoms. The van der Waals surface area contributed by atoms with Crippen LogP contribution in [0.3, 0.4) is 0 Å². The van der Waals surface area contributed by atoms with Gasteiger partial charge in [-0.1, -0.05) is 53.2 Å². The summed E-state index contributed by atoms with van der Waals surface area (Å²) in [4.78, 5) is 19.5. The molecule has 1 aromatic heterocycles. The Balaban J connectivity index is 1.58. The van der Waals surface area contributed by atoms with Crippen molar-refractivity contribution < 1.29 is 4.79 Å². The number of nitrogens with zero attached hydrogens (tertiary/aromatic N) is 2. The predicted octanol–water partition coefficient (Wildman–Crippen LogP) is 4.50. The fourth-order valence-electron chi connectivity index (χ4n) is 2.15. The number of amides is 1. The van der Waals surface area contributed by atoms with Gasteiger partial charge in [-0.3, -0.25) is 4.79 Å². The van der Waals surface area contributed by atoms with E-state index < -0.39 is 0 Å². The van der Waals surface area contributed by atoms with Gasteiger partial charge in [0.2, 0.25) is 0 Å². The average Bonchev–Trinajstić information content (AvgIpc) is 3.01. The number of carbonyl (C=O) groups is 1. The van der Waals surface area contributed by atoms with Crippen LogP contribution in [0.5, 0.6) is 0 Å². The lowest BCUT2D eigenvalue weighted by molar-refractivity contribution is -0.118. The van der Waals surface area contributed by atoms with E-state index in [-0.39, 0.29) is 11.7 Å². The van der Waals surface area contributed by atoms with Crippen LogP contribution in [0, 0.1) is 0 Å². The summed E-state index contributed by atoms with van der Waals surface area (Å²) in [6, 6.07) is 12.8. The number of thioether (sulfide) groups is 1. The quantitative estimate of drug-likeness (QED) is 0.381. The van der Waals surface area contributed by atoms with Crippen molar-refractivity contribution in [3.8, 4) is 0 Å². The number of hydrogen-bond donors (Lipinski definition) is 2. The molecule has 25 heavy (non-hydrogen) atoms. The van der Waals surface area contributed by atoms with Gasteiger partial charge in [0.1, 0.15) is 0 Å². The third-order valence-corrected chi connectivity index (χ3v) is 4.80. The molecule has 5 nitrogen and oxygen atoms in total. The van der Waals surface area contributed by atoms with E-state index in [1.165, 1.54) is 11.8 Å². The standard InChI is InChI=1S/C17H14Cl2N4OS/c1-10(12-7-6-11(18)8-13(12)19)22-23-16(24)9-25-17-20-14-4-2-3-5-15(14)21-17/h2-8H,9H2,1H3,(H,20,21)(H,23,24). The molecule has 1 heterocycles. The fourth-order valence-corrected chi connectivity index (χ4v) is 3.38. The first kappa shape index (κ1) is 17.8. The lowest BCUT2D eigenvalue weighted by Gasteiger charge is -2.05. The van der Waals surface area contributed by atoms with Gasteiger partial charge in [-0.05, 0) is 31.2 Å². The minimum absolute atomic E-state index is 0.199. The molecule has 0 bridgehead atoms. The first-order valence-electron chi connectivity index (χ1n) is 7.39. The number of aromatic amines is 1. The van der Waals surface area contributed by atoms with E-state index in [2.05, 4.69) is 20.5 Å². The molecule has 0 radical (unpaired) electrons. The highest BCUT2D eigenvalue weighted by atomic mass is 35.5. The van der Waals surface area contributed by atoms with Gasteiger partial charge < -0.3 is 4.98 Å². The Morgan fingerprint density at radius 1 is 1.28 bits per heavy atom. The predicted molar refractivity (Wildman–Crippen MR) is 104 cm³/mol. The number of H-pyrrole nitrogens is 1. The minimum atomic E-state index is -0.227. The Labute approximate surface area is 158 Å². The normalized spacial score (nSPS) is 11.7. The van der Waals surface area contributed by atoms with Crippen LogP contribution >= 0.6 is 35.0 Å². The van der Waals surface area contributed by atoms with Gasteiger partial charge >= 0.3 is 0 Å². The molecule has 0 atom stereocenters. The number of fused-ring (bicyclic) bond motifs is 1. The van der Waals surface area contributed by atoms with Gasteiger partial charge in [0.05, 0.1) is 27.5 Å². The lowest BCUT2D eigenvalue weighted by Crippen LogP contribution is -2.21. The van der Waals surface area contributed by atoms with Gasteiger partial charge in [0.25, 0.3) is 5.91 Å². The summed E-state index contributed by atoms with van der Waals surface area (Å²) in [5.41, 5.74) is 5.65. The second kappa shape index (κ2) is 7.91. The van der Waals surface area contributed by atoms with Gasteiger partial charge in [0, 0.05) is 10.6 Å². The molecule has 3 rings (SSSR count). The molecular weight excluding hydrogens is 379 g/mol. The molecule has 0 saturated heterocycles. The SMILES string of the molecule is CC(=NNC(=O)CSc1nc2ccccc2[nH]1)c1ccc(Cl)cc1Cl. The molecule has 0 fully saturated rings. The van der Waals surface area contributed by atoms with Crippen molar-refractivity contribution in [3.63, 3.8) is 0 Å². The van der Waals surface area contributed by atoms with E-state index >= 15 is 0 Å². The number of para-hydroxylation sites is 2. The number of halogens is 2. The third kappa shape index (κ3) is 4.54. The maximum atomic E-state index is 12.0. The summed E-state index contributed by atoms with van der Waals surface area (Å²) in [7, 11) is 0. The lowest BCUT2D eigenvalue weighted by atomic mass is 10.1.